The number of benzene rings is 1. The van der Waals surface area contributed by atoms with Crippen LogP contribution in [0.1, 0.15) is 23.6 Å². The molecule has 1 atom stereocenters. The molecule has 0 saturated heterocycles. The fraction of sp³-hybridized carbons (Fsp3) is 0.154. The Morgan fingerprint density at radius 1 is 1.33 bits per heavy atom. The van der Waals surface area contributed by atoms with E-state index in [1.807, 2.05) is 0 Å². The fourth-order valence-electron chi connectivity index (χ4n) is 1.79. The average molecular weight is 246 g/mol. The summed E-state index contributed by atoms with van der Waals surface area (Å²) < 4.78 is 13.2. The Balaban J connectivity index is 2.40. The van der Waals surface area contributed by atoms with Crippen molar-refractivity contribution in [1.29, 1.82) is 0 Å². The van der Waals surface area contributed by atoms with E-state index in [0.29, 0.717) is 11.3 Å². The standard InChI is InChI=1S/C13H11FN2O2/c14-10-4-1-3-9(7-10)11(8-13(17)18)12-5-2-6-15-16-12/h1-7,11H,8H2,(H,17,18). The molecule has 0 fully saturated rings. The zero-order valence-corrected chi connectivity index (χ0v) is 9.45. The largest absolute Gasteiger partial charge is 0.481 e. The number of carboxylic acids is 1. The van der Waals surface area contributed by atoms with E-state index in [0.717, 1.165) is 0 Å². The lowest BCUT2D eigenvalue weighted by atomic mass is 9.92. The van der Waals surface area contributed by atoms with Crippen molar-refractivity contribution in [3.8, 4) is 0 Å². The normalized spacial score (nSPS) is 12.1. The van der Waals surface area contributed by atoms with E-state index in [9.17, 15) is 9.18 Å². The van der Waals surface area contributed by atoms with Crippen LogP contribution in [0.5, 0.6) is 0 Å². The molecule has 5 heteroatoms. The van der Waals surface area contributed by atoms with E-state index in [4.69, 9.17) is 5.11 Å². The van der Waals surface area contributed by atoms with Gasteiger partial charge in [-0.25, -0.2) is 4.39 Å². The van der Waals surface area contributed by atoms with Gasteiger partial charge in [0.1, 0.15) is 5.82 Å². The highest BCUT2D eigenvalue weighted by Crippen LogP contribution is 2.26. The van der Waals surface area contributed by atoms with Gasteiger partial charge in [0.15, 0.2) is 0 Å². The van der Waals surface area contributed by atoms with E-state index in [2.05, 4.69) is 10.2 Å². The molecule has 1 heterocycles. The predicted octanol–water partition coefficient (Wildman–Crippen LogP) is 2.22. The van der Waals surface area contributed by atoms with Crippen LogP contribution in [0.15, 0.2) is 42.6 Å². The van der Waals surface area contributed by atoms with Crippen LogP contribution in [0.2, 0.25) is 0 Å². The number of nitrogens with zero attached hydrogens (tertiary/aromatic N) is 2. The second kappa shape index (κ2) is 5.35. The van der Waals surface area contributed by atoms with Gasteiger partial charge in [-0.15, -0.1) is 0 Å². The molecule has 1 unspecified atom stereocenters. The quantitative estimate of drug-likeness (QED) is 0.898. The summed E-state index contributed by atoms with van der Waals surface area (Å²) in [5, 5.41) is 16.6. The third-order valence-electron chi connectivity index (χ3n) is 2.58. The van der Waals surface area contributed by atoms with E-state index in [1.165, 1.54) is 18.3 Å². The molecule has 0 amide bonds. The molecule has 4 nitrogen and oxygen atoms in total. The number of hydrogen-bond donors (Lipinski definition) is 1. The molecular weight excluding hydrogens is 235 g/mol. The van der Waals surface area contributed by atoms with Crippen molar-refractivity contribution < 1.29 is 14.3 Å². The van der Waals surface area contributed by atoms with Crippen molar-refractivity contribution in [2.45, 2.75) is 12.3 Å². The summed E-state index contributed by atoms with van der Waals surface area (Å²) in [6.07, 6.45) is 1.36. The highest BCUT2D eigenvalue weighted by molar-refractivity contribution is 5.68. The molecule has 2 rings (SSSR count). The zero-order chi connectivity index (χ0) is 13.0. The topological polar surface area (TPSA) is 63.1 Å². The summed E-state index contributed by atoms with van der Waals surface area (Å²) in [6, 6.07) is 9.24. The molecule has 18 heavy (non-hydrogen) atoms. The molecule has 0 saturated carbocycles. The summed E-state index contributed by atoms with van der Waals surface area (Å²) in [5.41, 5.74) is 1.10. The summed E-state index contributed by atoms with van der Waals surface area (Å²) >= 11 is 0. The number of carbonyl (C=O) groups is 1. The Hall–Kier alpha value is -2.30. The number of aromatic nitrogens is 2. The molecule has 0 aliphatic heterocycles. The van der Waals surface area contributed by atoms with Crippen LogP contribution in [0.3, 0.4) is 0 Å². The molecule has 0 radical (unpaired) electrons. The minimum Gasteiger partial charge on any atom is -0.481 e. The minimum atomic E-state index is -0.963. The van der Waals surface area contributed by atoms with Gasteiger partial charge >= 0.3 is 5.97 Å². The van der Waals surface area contributed by atoms with Crippen LogP contribution in [0.25, 0.3) is 0 Å². The first-order valence-electron chi connectivity index (χ1n) is 5.41. The average Bonchev–Trinajstić information content (AvgIpc) is 2.37. The molecule has 1 N–H and O–H groups in total. The molecule has 0 aliphatic carbocycles. The van der Waals surface area contributed by atoms with E-state index in [1.54, 1.807) is 24.3 Å². The van der Waals surface area contributed by atoms with Crippen molar-refractivity contribution in [2.24, 2.45) is 0 Å². The first-order valence-corrected chi connectivity index (χ1v) is 5.41. The van der Waals surface area contributed by atoms with Crippen LogP contribution < -0.4 is 0 Å². The number of aliphatic carboxylic acids is 1. The van der Waals surface area contributed by atoms with Gasteiger partial charge in [-0.2, -0.15) is 10.2 Å². The highest BCUT2D eigenvalue weighted by Gasteiger charge is 2.19. The van der Waals surface area contributed by atoms with Gasteiger partial charge in [0, 0.05) is 12.1 Å². The summed E-state index contributed by atoms with van der Waals surface area (Å²) in [4.78, 5) is 10.9. The van der Waals surface area contributed by atoms with Crippen LogP contribution >= 0.6 is 0 Å². The Morgan fingerprint density at radius 3 is 2.78 bits per heavy atom. The highest BCUT2D eigenvalue weighted by atomic mass is 19.1. The third-order valence-corrected chi connectivity index (χ3v) is 2.58. The van der Waals surface area contributed by atoms with Crippen molar-refractivity contribution in [1.82, 2.24) is 10.2 Å². The minimum absolute atomic E-state index is 0.151. The smallest absolute Gasteiger partial charge is 0.304 e. The Bertz CT molecular complexity index is 546. The van der Waals surface area contributed by atoms with Crippen LogP contribution in [-0.4, -0.2) is 21.3 Å². The number of rotatable bonds is 4. The van der Waals surface area contributed by atoms with E-state index < -0.39 is 17.7 Å². The van der Waals surface area contributed by atoms with Gasteiger partial charge in [-0.3, -0.25) is 4.79 Å². The van der Waals surface area contributed by atoms with Gasteiger partial charge < -0.3 is 5.11 Å². The maximum absolute atomic E-state index is 13.2. The van der Waals surface area contributed by atoms with Gasteiger partial charge in [-0.1, -0.05) is 12.1 Å². The van der Waals surface area contributed by atoms with Crippen LogP contribution in [-0.2, 0) is 4.79 Å². The molecule has 92 valence electrons. The molecule has 0 aliphatic rings. The van der Waals surface area contributed by atoms with Crippen molar-refractivity contribution in [3.63, 3.8) is 0 Å². The monoisotopic (exact) mass is 246 g/mol. The Kier molecular flexibility index (Phi) is 3.62. The Labute approximate surface area is 103 Å². The SMILES string of the molecule is O=C(O)CC(c1cccc(F)c1)c1cccnn1. The lowest BCUT2D eigenvalue weighted by Gasteiger charge is -2.14. The maximum Gasteiger partial charge on any atom is 0.304 e. The van der Waals surface area contributed by atoms with Gasteiger partial charge in [0.25, 0.3) is 0 Å². The molecule has 0 spiro atoms. The Morgan fingerprint density at radius 2 is 2.17 bits per heavy atom. The van der Waals surface area contributed by atoms with Gasteiger partial charge in [-0.05, 0) is 29.8 Å². The number of halogens is 1. The van der Waals surface area contributed by atoms with Crippen LogP contribution in [0, 0.1) is 5.82 Å². The van der Waals surface area contributed by atoms with Gasteiger partial charge in [0.2, 0.25) is 0 Å². The first kappa shape index (κ1) is 12.2. The summed E-state index contributed by atoms with van der Waals surface area (Å²) in [7, 11) is 0. The summed E-state index contributed by atoms with van der Waals surface area (Å²) in [6.45, 7) is 0. The van der Waals surface area contributed by atoms with Gasteiger partial charge in [0.05, 0.1) is 12.1 Å². The van der Waals surface area contributed by atoms with Crippen molar-refractivity contribution >= 4 is 5.97 Å². The van der Waals surface area contributed by atoms with Crippen molar-refractivity contribution in [3.05, 3.63) is 59.7 Å². The lowest BCUT2D eigenvalue weighted by molar-refractivity contribution is -0.137. The fourth-order valence-corrected chi connectivity index (χ4v) is 1.79. The summed E-state index contributed by atoms with van der Waals surface area (Å²) in [5.74, 6) is -1.85. The number of carboxylic acid groups (broad SMARTS) is 1. The molecule has 0 bridgehead atoms. The second-order valence-corrected chi connectivity index (χ2v) is 3.85. The molecular formula is C13H11FN2O2. The first-order chi connectivity index (χ1) is 8.66. The zero-order valence-electron chi connectivity index (χ0n) is 9.45. The predicted molar refractivity (Wildman–Crippen MR) is 62.5 cm³/mol. The lowest BCUT2D eigenvalue weighted by Crippen LogP contribution is -2.10. The maximum atomic E-state index is 13.2. The molecule has 1 aromatic heterocycles. The number of hydrogen-bond acceptors (Lipinski definition) is 3. The second-order valence-electron chi connectivity index (χ2n) is 3.85. The molecule has 2 aromatic rings. The third kappa shape index (κ3) is 2.88. The van der Waals surface area contributed by atoms with Crippen molar-refractivity contribution in [2.75, 3.05) is 0 Å². The van der Waals surface area contributed by atoms with Crippen LogP contribution in [0.4, 0.5) is 4.39 Å². The van der Waals surface area contributed by atoms with E-state index >= 15 is 0 Å². The molecule has 1 aromatic carbocycles. The van der Waals surface area contributed by atoms with E-state index in [-0.39, 0.29) is 6.42 Å².